The van der Waals surface area contributed by atoms with E-state index in [0.29, 0.717) is 12.5 Å². The van der Waals surface area contributed by atoms with Crippen LogP contribution < -0.4 is 5.32 Å². The maximum atomic E-state index is 12.2. The molecular formula is C17H25NO3S. The Bertz CT molecular complexity index is 587. The quantitative estimate of drug-likeness (QED) is 0.875. The fourth-order valence-corrected chi connectivity index (χ4v) is 4.11. The van der Waals surface area contributed by atoms with E-state index in [1.54, 1.807) is 24.3 Å². The average molecular weight is 323 g/mol. The topological polar surface area (TPSA) is 63.2 Å². The summed E-state index contributed by atoms with van der Waals surface area (Å²) >= 11 is 0. The lowest BCUT2D eigenvalue weighted by atomic mass is 9.87. The summed E-state index contributed by atoms with van der Waals surface area (Å²) in [6.07, 6.45) is 7.30. The van der Waals surface area contributed by atoms with Crippen molar-refractivity contribution in [1.29, 1.82) is 0 Å². The number of carbonyl (C=O) groups excluding carboxylic acids is 1. The molecule has 5 heteroatoms. The van der Waals surface area contributed by atoms with Gasteiger partial charge in [0.05, 0.1) is 4.90 Å². The van der Waals surface area contributed by atoms with Crippen LogP contribution in [0.2, 0.25) is 0 Å². The van der Waals surface area contributed by atoms with E-state index in [1.165, 1.54) is 32.1 Å². The predicted octanol–water partition coefficient (Wildman–Crippen LogP) is 2.86. The number of amides is 1. The van der Waals surface area contributed by atoms with Crippen LogP contribution in [0.15, 0.2) is 29.2 Å². The molecule has 0 atom stereocenters. The lowest BCUT2D eigenvalue weighted by Gasteiger charge is -2.21. The lowest BCUT2D eigenvalue weighted by molar-refractivity contribution is -0.118. The van der Waals surface area contributed by atoms with E-state index < -0.39 is 21.5 Å². The average Bonchev–Trinajstić information content (AvgIpc) is 2.48. The molecule has 1 aliphatic carbocycles. The van der Waals surface area contributed by atoms with Crippen LogP contribution in [-0.2, 0) is 14.6 Å². The SMILES string of the molecule is Cc1ccc(S(=O)(=O)CC(=O)NCCC2CCCCC2)cc1. The largest absolute Gasteiger partial charge is 0.355 e. The molecule has 0 unspecified atom stereocenters. The van der Waals surface area contributed by atoms with Gasteiger partial charge >= 0.3 is 0 Å². The minimum absolute atomic E-state index is 0.209. The number of hydrogen-bond acceptors (Lipinski definition) is 3. The zero-order valence-electron chi connectivity index (χ0n) is 13.2. The highest BCUT2D eigenvalue weighted by Gasteiger charge is 2.19. The molecule has 1 amide bonds. The normalized spacial score (nSPS) is 16.4. The summed E-state index contributed by atoms with van der Waals surface area (Å²) in [6, 6.07) is 6.60. The first kappa shape index (κ1) is 17.0. The first-order chi connectivity index (χ1) is 10.5. The summed E-state index contributed by atoms with van der Waals surface area (Å²) in [4.78, 5) is 12.1. The maximum absolute atomic E-state index is 12.2. The second kappa shape index (κ2) is 7.77. The maximum Gasteiger partial charge on any atom is 0.235 e. The van der Waals surface area contributed by atoms with Gasteiger partial charge in [-0.1, -0.05) is 49.8 Å². The zero-order valence-corrected chi connectivity index (χ0v) is 14.0. The van der Waals surface area contributed by atoms with Crippen LogP contribution in [0.25, 0.3) is 0 Å². The number of carbonyl (C=O) groups is 1. The van der Waals surface area contributed by atoms with Gasteiger partial charge in [-0.3, -0.25) is 4.79 Å². The highest BCUT2D eigenvalue weighted by Crippen LogP contribution is 2.25. The van der Waals surface area contributed by atoms with E-state index in [2.05, 4.69) is 5.32 Å². The molecule has 0 aromatic heterocycles. The van der Waals surface area contributed by atoms with E-state index in [1.807, 2.05) is 6.92 Å². The smallest absolute Gasteiger partial charge is 0.235 e. The van der Waals surface area contributed by atoms with Crippen molar-refractivity contribution < 1.29 is 13.2 Å². The van der Waals surface area contributed by atoms with Crippen molar-refractivity contribution in [3.8, 4) is 0 Å². The molecule has 0 bridgehead atoms. The third-order valence-corrected chi connectivity index (χ3v) is 5.93. The Kier molecular flexibility index (Phi) is 6.00. The molecule has 22 heavy (non-hydrogen) atoms. The van der Waals surface area contributed by atoms with E-state index in [-0.39, 0.29) is 4.90 Å². The molecule has 0 radical (unpaired) electrons. The van der Waals surface area contributed by atoms with Crippen LogP contribution in [-0.4, -0.2) is 26.6 Å². The minimum atomic E-state index is -3.54. The van der Waals surface area contributed by atoms with E-state index in [9.17, 15) is 13.2 Å². The van der Waals surface area contributed by atoms with E-state index >= 15 is 0 Å². The molecular weight excluding hydrogens is 298 g/mol. The highest BCUT2D eigenvalue weighted by atomic mass is 32.2. The fourth-order valence-electron chi connectivity index (χ4n) is 2.94. The molecule has 4 nitrogen and oxygen atoms in total. The third-order valence-electron chi connectivity index (χ3n) is 4.30. The Morgan fingerprint density at radius 1 is 1.14 bits per heavy atom. The molecule has 0 aliphatic heterocycles. The number of benzene rings is 1. The summed E-state index contributed by atoms with van der Waals surface area (Å²) in [5.74, 6) is -0.195. The van der Waals surface area contributed by atoms with Crippen molar-refractivity contribution in [2.45, 2.75) is 50.3 Å². The van der Waals surface area contributed by atoms with Crippen molar-refractivity contribution in [1.82, 2.24) is 5.32 Å². The summed E-state index contributed by atoms with van der Waals surface area (Å²) in [7, 11) is -3.54. The van der Waals surface area contributed by atoms with Gasteiger partial charge in [0.15, 0.2) is 9.84 Å². The van der Waals surface area contributed by atoms with Crippen molar-refractivity contribution in [2.75, 3.05) is 12.3 Å². The van der Waals surface area contributed by atoms with Gasteiger partial charge in [-0.15, -0.1) is 0 Å². The van der Waals surface area contributed by atoms with Gasteiger partial charge in [-0.25, -0.2) is 8.42 Å². The first-order valence-electron chi connectivity index (χ1n) is 8.03. The Labute approximate surface area is 133 Å². The Morgan fingerprint density at radius 3 is 2.41 bits per heavy atom. The summed E-state index contributed by atoms with van der Waals surface area (Å²) in [5, 5.41) is 2.75. The van der Waals surface area contributed by atoms with Crippen LogP contribution in [0, 0.1) is 12.8 Å². The highest BCUT2D eigenvalue weighted by molar-refractivity contribution is 7.92. The van der Waals surface area contributed by atoms with Crippen LogP contribution in [0.4, 0.5) is 0 Å². The molecule has 2 rings (SSSR count). The van der Waals surface area contributed by atoms with Crippen molar-refractivity contribution in [2.24, 2.45) is 5.92 Å². The Morgan fingerprint density at radius 2 is 1.77 bits per heavy atom. The van der Waals surface area contributed by atoms with Gasteiger partial charge < -0.3 is 5.32 Å². The molecule has 1 saturated carbocycles. The van der Waals surface area contributed by atoms with Gasteiger partial charge in [0, 0.05) is 6.54 Å². The molecule has 1 aromatic rings. The summed E-state index contributed by atoms with van der Waals surface area (Å²) in [5.41, 5.74) is 0.996. The van der Waals surface area contributed by atoms with Gasteiger partial charge in [0.2, 0.25) is 5.91 Å². The van der Waals surface area contributed by atoms with Gasteiger partial charge in [-0.2, -0.15) is 0 Å². The molecule has 1 aliphatic rings. The molecule has 1 N–H and O–H groups in total. The second-order valence-electron chi connectivity index (χ2n) is 6.21. The number of nitrogens with one attached hydrogen (secondary N) is 1. The summed E-state index contributed by atoms with van der Waals surface area (Å²) < 4.78 is 24.3. The first-order valence-corrected chi connectivity index (χ1v) is 9.69. The second-order valence-corrected chi connectivity index (χ2v) is 8.20. The Hall–Kier alpha value is -1.36. The van der Waals surface area contributed by atoms with Crippen LogP contribution in [0.3, 0.4) is 0 Å². The molecule has 0 saturated heterocycles. The van der Waals surface area contributed by atoms with Gasteiger partial charge in [0.25, 0.3) is 0 Å². The van der Waals surface area contributed by atoms with Crippen molar-refractivity contribution >= 4 is 15.7 Å². The van der Waals surface area contributed by atoms with Crippen molar-refractivity contribution in [3.63, 3.8) is 0 Å². The number of rotatable bonds is 6. The zero-order chi connectivity index (χ0) is 16.0. The van der Waals surface area contributed by atoms with E-state index in [4.69, 9.17) is 0 Å². The van der Waals surface area contributed by atoms with Gasteiger partial charge in [-0.05, 0) is 31.4 Å². The fraction of sp³-hybridized carbons (Fsp3) is 0.588. The standard InChI is InChI=1S/C17H25NO3S/c1-14-7-9-16(10-8-14)22(20,21)13-17(19)18-12-11-15-5-3-2-4-6-15/h7-10,15H,2-6,11-13H2,1H3,(H,18,19). The molecule has 0 spiro atoms. The minimum Gasteiger partial charge on any atom is -0.355 e. The van der Waals surface area contributed by atoms with Gasteiger partial charge in [0.1, 0.15) is 5.75 Å². The van der Waals surface area contributed by atoms with Crippen LogP contribution in [0.5, 0.6) is 0 Å². The van der Waals surface area contributed by atoms with Crippen LogP contribution >= 0.6 is 0 Å². The monoisotopic (exact) mass is 323 g/mol. The molecule has 1 fully saturated rings. The number of aryl methyl sites for hydroxylation is 1. The molecule has 0 heterocycles. The number of sulfone groups is 1. The molecule has 1 aromatic carbocycles. The number of hydrogen-bond donors (Lipinski definition) is 1. The molecule has 122 valence electrons. The lowest BCUT2D eigenvalue weighted by Crippen LogP contribution is -2.32. The van der Waals surface area contributed by atoms with Crippen LogP contribution in [0.1, 0.15) is 44.1 Å². The predicted molar refractivity (Wildman–Crippen MR) is 87.4 cm³/mol. The Balaban J connectivity index is 1.79. The third kappa shape index (κ3) is 5.13. The van der Waals surface area contributed by atoms with Crippen molar-refractivity contribution in [3.05, 3.63) is 29.8 Å². The van der Waals surface area contributed by atoms with E-state index in [0.717, 1.165) is 12.0 Å². The summed E-state index contributed by atoms with van der Waals surface area (Å²) in [6.45, 7) is 2.47.